The Bertz CT molecular complexity index is 1160. The van der Waals surface area contributed by atoms with Gasteiger partial charge in [0.25, 0.3) is 5.91 Å². The molecule has 0 unspecified atom stereocenters. The summed E-state index contributed by atoms with van der Waals surface area (Å²) < 4.78 is 33.4. The SMILES string of the molecule is NS(=O)(=O)CCc1ccc(C(=O)NC2CCC(c3nc4cc(Cl)ccc4o3)CC2)o1. The summed E-state index contributed by atoms with van der Waals surface area (Å²) in [7, 11) is -3.57. The highest BCUT2D eigenvalue weighted by Gasteiger charge is 2.27. The van der Waals surface area contributed by atoms with Gasteiger partial charge in [0.1, 0.15) is 11.3 Å². The first-order valence-electron chi connectivity index (χ1n) is 9.73. The first-order valence-corrected chi connectivity index (χ1v) is 11.8. The summed E-state index contributed by atoms with van der Waals surface area (Å²) in [6.45, 7) is 0. The first-order chi connectivity index (χ1) is 14.3. The van der Waals surface area contributed by atoms with Crippen molar-refractivity contribution in [2.24, 2.45) is 5.14 Å². The second-order valence-electron chi connectivity index (χ2n) is 7.57. The minimum atomic E-state index is -3.57. The quantitative estimate of drug-likeness (QED) is 0.591. The Kier molecular flexibility index (Phi) is 5.86. The van der Waals surface area contributed by atoms with Gasteiger partial charge >= 0.3 is 0 Å². The average Bonchev–Trinajstić information content (AvgIpc) is 3.33. The molecular formula is C20H22ClN3O5S. The Morgan fingerprint density at radius 3 is 2.67 bits per heavy atom. The van der Waals surface area contributed by atoms with Crippen LogP contribution in [0.1, 0.15) is 53.8 Å². The lowest BCUT2D eigenvalue weighted by molar-refractivity contribution is 0.0895. The van der Waals surface area contributed by atoms with Crippen LogP contribution >= 0.6 is 11.6 Å². The van der Waals surface area contributed by atoms with Crippen molar-refractivity contribution in [2.45, 2.75) is 44.1 Å². The molecule has 0 aliphatic heterocycles. The molecule has 160 valence electrons. The van der Waals surface area contributed by atoms with Crippen molar-refractivity contribution in [3.8, 4) is 0 Å². The second kappa shape index (κ2) is 8.41. The molecule has 30 heavy (non-hydrogen) atoms. The van der Waals surface area contributed by atoms with Crippen LogP contribution in [0.25, 0.3) is 11.1 Å². The van der Waals surface area contributed by atoms with Crippen LogP contribution in [0.2, 0.25) is 5.02 Å². The Labute approximate surface area is 178 Å². The number of fused-ring (bicyclic) bond motifs is 1. The minimum absolute atomic E-state index is 0.0329. The molecule has 1 saturated carbocycles. The summed E-state index contributed by atoms with van der Waals surface area (Å²) in [5.41, 5.74) is 1.48. The summed E-state index contributed by atoms with van der Waals surface area (Å²) in [5.74, 6) is 0.955. The van der Waals surface area contributed by atoms with Gasteiger partial charge in [-0.25, -0.2) is 18.5 Å². The number of nitrogens with two attached hydrogens (primary N) is 1. The van der Waals surface area contributed by atoms with Gasteiger partial charge in [0.2, 0.25) is 10.0 Å². The molecule has 2 heterocycles. The normalized spacial score (nSPS) is 19.8. The van der Waals surface area contributed by atoms with E-state index in [4.69, 9.17) is 25.6 Å². The number of primary sulfonamides is 1. The van der Waals surface area contributed by atoms with Gasteiger partial charge < -0.3 is 14.2 Å². The molecule has 1 amide bonds. The van der Waals surface area contributed by atoms with Crippen LogP contribution in [0, 0.1) is 0 Å². The molecule has 1 aromatic carbocycles. The number of oxazole rings is 1. The predicted molar refractivity (Wildman–Crippen MR) is 112 cm³/mol. The van der Waals surface area contributed by atoms with Gasteiger partial charge in [0.15, 0.2) is 17.2 Å². The number of aromatic nitrogens is 1. The fourth-order valence-corrected chi connectivity index (χ4v) is 4.36. The highest BCUT2D eigenvalue weighted by Crippen LogP contribution is 2.34. The van der Waals surface area contributed by atoms with Gasteiger partial charge in [-0.2, -0.15) is 0 Å². The number of rotatable bonds is 6. The molecule has 4 rings (SSSR count). The van der Waals surface area contributed by atoms with E-state index in [1.54, 1.807) is 24.3 Å². The summed E-state index contributed by atoms with van der Waals surface area (Å²) in [6.07, 6.45) is 3.43. The molecule has 0 bridgehead atoms. The first kappa shape index (κ1) is 20.9. The molecule has 3 N–H and O–H groups in total. The zero-order valence-electron chi connectivity index (χ0n) is 16.1. The van der Waals surface area contributed by atoms with Crippen molar-refractivity contribution < 1.29 is 22.0 Å². The van der Waals surface area contributed by atoms with Gasteiger partial charge in [0.05, 0.1) is 5.75 Å². The van der Waals surface area contributed by atoms with Gasteiger partial charge in [-0.3, -0.25) is 4.79 Å². The van der Waals surface area contributed by atoms with Gasteiger partial charge in [-0.1, -0.05) is 11.6 Å². The molecule has 0 saturated heterocycles. The molecule has 1 fully saturated rings. The number of halogens is 1. The minimum Gasteiger partial charge on any atom is -0.456 e. The summed E-state index contributed by atoms with van der Waals surface area (Å²) >= 11 is 6.01. The largest absolute Gasteiger partial charge is 0.456 e. The average molecular weight is 452 g/mol. The lowest BCUT2D eigenvalue weighted by Gasteiger charge is -2.27. The Morgan fingerprint density at radius 1 is 1.17 bits per heavy atom. The molecule has 0 atom stereocenters. The van der Waals surface area contributed by atoms with Crippen molar-refractivity contribution in [3.63, 3.8) is 0 Å². The third-order valence-electron chi connectivity index (χ3n) is 5.30. The number of nitrogens with one attached hydrogen (secondary N) is 1. The van der Waals surface area contributed by atoms with Crippen molar-refractivity contribution >= 4 is 38.6 Å². The standard InChI is InChI=1S/C20H22ClN3O5S/c21-13-3-7-17-16(11-13)24-20(29-17)12-1-4-14(5-2-12)23-19(25)18-8-6-15(28-18)9-10-30(22,26)27/h3,6-8,11-12,14H,1-2,4-5,9-10H2,(H,23,25)(H2,22,26,27). The van der Waals surface area contributed by atoms with Crippen molar-refractivity contribution in [1.82, 2.24) is 10.3 Å². The van der Waals surface area contributed by atoms with E-state index in [0.29, 0.717) is 16.7 Å². The zero-order valence-corrected chi connectivity index (χ0v) is 17.7. The lowest BCUT2D eigenvalue weighted by atomic mass is 9.86. The van der Waals surface area contributed by atoms with Crippen molar-refractivity contribution in [3.05, 3.63) is 52.8 Å². The number of amides is 1. The van der Waals surface area contributed by atoms with E-state index in [-0.39, 0.29) is 35.8 Å². The van der Waals surface area contributed by atoms with Gasteiger partial charge in [-0.15, -0.1) is 0 Å². The molecule has 0 radical (unpaired) electrons. The number of carbonyl (C=O) groups excluding carboxylic acids is 1. The van der Waals surface area contributed by atoms with E-state index < -0.39 is 10.0 Å². The summed E-state index contributed by atoms with van der Waals surface area (Å²) in [4.78, 5) is 17.0. The number of aryl methyl sites for hydroxylation is 1. The zero-order chi connectivity index (χ0) is 21.3. The molecule has 8 nitrogen and oxygen atoms in total. The van der Waals surface area contributed by atoms with E-state index in [9.17, 15) is 13.2 Å². The fraction of sp³-hybridized carbons (Fsp3) is 0.400. The monoisotopic (exact) mass is 451 g/mol. The molecular weight excluding hydrogens is 430 g/mol. The van der Waals surface area contributed by atoms with Crippen LogP contribution in [-0.4, -0.2) is 31.1 Å². The highest BCUT2D eigenvalue weighted by atomic mass is 35.5. The highest BCUT2D eigenvalue weighted by molar-refractivity contribution is 7.89. The van der Waals surface area contributed by atoms with Crippen LogP contribution in [0.4, 0.5) is 0 Å². The topological polar surface area (TPSA) is 128 Å². The maximum atomic E-state index is 12.4. The molecule has 1 aliphatic carbocycles. The number of benzene rings is 1. The van der Waals surface area contributed by atoms with E-state index in [0.717, 1.165) is 36.8 Å². The van der Waals surface area contributed by atoms with Crippen LogP contribution in [0.5, 0.6) is 0 Å². The fourth-order valence-electron chi connectivity index (χ4n) is 3.71. The number of carbonyl (C=O) groups is 1. The smallest absolute Gasteiger partial charge is 0.287 e. The van der Waals surface area contributed by atoms with Gasteiger partial charge in [-0.05, 0) is 56.0 Å². The van der Waals surface area contributed by atoms with Crippen molar-refractivity contribution in [2.75, 3.05) is 5.75 Å². The maximum absolute atomic E-state index is 12.4. The van der Waals surface area contributed by atoms with Crippen LogP contribution in [0.15, 0.2) is 39.2 Å². The third kappa shape index (κ3) is 5.03. The summed E-state index contributed by atoms with van der Waals surface area (Å²) in [5, 5.41) is 8.60. The lowest BCUT2D eigenvalue weighted by Crippen LogP contribution is -2.37. The second-order valence-corrected chi connectivity index (χ2v) is 9.74. The Hall–Kier alpha value is -2.36. The van der Waals surface area contributed by atoms with Crippen LogP contribution < -0.4 is 10.5 Å². The van der Waals surface area contributed by atoms with E-state index >= 15 is 0 Å². The molecule has 2 aromatic heterocycles. The molecule has 0 spiro atoms. The number of hydrogen-bond acceptors (Lipinski definition) is 6. The number of nitrogens with zero attached hydrogens (tertiary/aromatic N) is 1. The maximum Gasteiger partial charge on any atom is 0.287 e. The van der Waals surface area contributed by atoms with Gasteiger partial charge in [0, 0.05) is 23.4 Å². The number of hydrogen-bond donors (Lipinski definition) is 2. The van der Waals surface area contributed by atoms with E-state index in [1.165, 1.54) is 0 Å². The molecule has 3 aromatic rings. The Morgan fingerprint density at radius 2 is 1.93 bits per heavy atom. The third-order valence-corrected chi connectivity index (χ3v) is 6.30. The summed E-state index contributed by atoms with van der Waals surface area (Å²) in [6, 6.07) is 8.56. The van der Waals surface area contributed by atoms with E-state index in [2.05, 4.69) is 10.3 Å². The molecule has 10 heteroatoms. The molecule has 1 aliphatic rings. The number of furan rings is 1. The van der Waals surface area contributed by atoms with Crippen LogP contribution in [-0.2, 0) is 16.4 Å². The van der Waals surface area contributed by atoms with Crippen LogP contribution in [0.3, 0.4) is 0 Å². The number of sulfonamides is 1. The van der Waals surface area contributed by atoms with E-state index in [1.807, 2.05) is 6.07 Å². The van der Waals surface area contributed by atoms with Crippen molar-refractivity contribution in [1.29, 1.82) is 0 Å². The Balaban J connectivity index is 1.31. The predicted octanol–water partition coefficient (Wildman–Crippen LogP) is 3.36.